The average molecular weight is 400 g/mol. The molecule has 3 rings (SSSR count). The van der Waals surface area contributed by atoms with Crippen molar-refractivity contribution in [3.8, 4) is 0 Å². The number of hydrogen-bond acceptors (Lipinski definition) is 4. The molecule has 2 aromatic rings. The first kappa shape index (κ1) is 20.8. The smallest absolute Gasteiger partial charge is 0.191 e. The summed E-state index contributed by atoms with van der Waals surface area (Å²) in [5.41, 5.74) is 2.71. The number of hydrogen-bond donors (Lipinski definition) is 2. The highest BCUT2D eigenvalue weighted by atomic mass is 32.1. The van der Waals surface area contributed by atoms with Crippen LogP contribution < -0.4 is 10.6 Å². The molecule has 1 fully saturated rings. The Morgan fingerprint density at radius 1 is 0.964 bits per heavy atom. The van der Waals surface area contributed by atoms with Crippen molar-refractivity contribution in [1.29, 1.82) is 0 Å². The molecule has 1 aromatic carbocycles. The molecule has 1 aliphatic heterocycles. The predicted molar refractivity (Wildman–Crippen MR) is 120 cm³/mol. The van der Waals surface area contributed by atoms with E-state index in [0.717, 1.165) is 45.2 Å². The number of nitrogens with zero attached hydrogens (tertiary/aromatic N) is 3. The molecule has 28 heavy (non-hydrogen) atoms. The Morgan fingerprint density at radius 3 is 2.39 bits per heavy atom. The van der Waals surface area contributed by atoms with Crippen molar-refractivity contribution >= 4 is 17.3 Å². The number of likely N-dealkylation sites (N-methyl/N-ethyl adjacent to an activating group) is 1. The van der Waals surface area contributed by atoms with Crippen LogP contribution in [0.4, 0.5) is 0 Å². The third-order valence-electron chi connectivity index (χ3n) is 5.19. The van der Waals surface area contributed by atoms with Gasteiger partial charge in [0.2, 0.25) is 0 Å². The molecule has 152 valence electrons. The number of thiophene rings is 1. The van der Waals surface area contributed by atoms with Gasteiger partial charge in [-0.3, -0.25) is 4.90 Å². The molecule has 2 heterocycles. The highest BCUT2D eigenvalue weighted by Gasteiger charge is 2.16. The molecule has 1 aromatic heterocycles. The summed E-state index contributed by atoms with van der Waals surface area (Å²) in [6, 6.07) is 13.0. The summed E-state index contributed by atoms with van der Waals surface area (Å²) in [5, 5.41) is 8.90. The molecule has 0 atom stereocenters. The highest BCUT2D eigenvalue weighted by molar-refractivity contribution is 7.09. The molecule has 0 aliphatic carbocycles. The van der Waals surface area contributed by atoms with Crippen LogP contribution >= 0.6 is 11.3 Å². The fourth-order valence-electron chi connectivity index (χ4n) is 3.46. The van der Waals surface area contributed by atoms with Crippen molar-refractivity contribution in [3.63, 3.8) is 0 Å². The lowest BCUT2D eigenvalue weighted by Crippen LogP contribution is -2.45. The largest absolute Gasteiger partial charge is 0.357 e. The molecule has 1 aliphatic rings. The molecule has 0 radical (unpaired) electrons. The topological polar surface area (TPSA) is 42.9 Å². The number of nitrogens with one attached hydrogen (secondary N) is 2. The van der Waals surface area contributed by atoms with Crippen molar-refractivity contribution in [1.82, 2.24) is 20.4 Å². The number of piperazine rings is 1. The lowest BCUT2D eigenvalue weighted by atomic mass is 10.1. The van der Waals surface area contributed by atoms with Crippen LogP contribution in [0.1, 0.15) is 29.9 Å². The van der Waals surface area contributed by atoms with Gasteiger partial charge in [0.15, 0.2) is 5.96 Å². The predicted octanol–water partition coefficient (Wildman–Crippen LogP) is 3.14. The lowest BCUT2D eigenvalue weighted by Gasteiger charge is -2.34. The van der Waals surface area contributed by atoms with Gasteiger partial charge in [-0.05, 0) is 36.0 Å². The van der Waals surface area contributed by atoms with Gasteiger partial charge in [0.1, 0.15) is 0 Å². The van der Waals surface area contributed by atoms with Crippen molar-refractivity contribution in [2.24, 2.45) is 4.99 Å². The minimum absolute atomic E-state index is 0.699. The number of aliphatic imine (C=N–C) groups is 1. The quantitative estimate of drug-likeness (QED) is 0.529. The average Bonchev–Trinajstić information content (AvgIpc) is 3.25. The zero-order valence-corrected chi connectivity index (χ0v) is 18.0. The Balaban J connectivity index is 1.60. The third-order valence-corrected chi connectivity index (χ3v) is 6.06. The van der Waals surface area contributed by atoms with Gasteiger partial charge in [-0.15, -0.1) is 11.3 Å². The Morgan fingerprint density at radius 2 is 1.71 bits per heavy atom. The maximum atomic E-state index is 4.83. The maximum absolute atomic E-state index is 4.83. The van der Waals surface area contributed by atoms with E-state index < -0.39 is 0 Å². The first-order valence-corrected chi connectivity index (χ1v) is 11.2. The summed E-state index contributed by atoms with van der Waals surface area (Å²) in [6.45, 7) is 13.5. The van der Waals surface area contributed by atoms with Crippen molar-refractivity contribution in [3.05, 3.63) is 57.8 Å². The molecule has 0 bridgehead atoms. The van der Waals surface area contributed by atoms with Crippen molar-refractivity contribution < 1.29 is 0 Å². The highest BCUT2D eigenvalue weighted by Crippen LogP contribution is 2.15. The molecule has 0 amide bonds. The van der Waals surface area contributed by atoms with Gasteiger partial charge in [-0.1, -0.05) is 37.3 Å². The van der Waals surface area contributed by atoms with Crippen LogP contribution in [0.15, 0.2) is 46.8 Å². The number of guanidine groups is 1. The molecular formula is C22H33N5S. The van der Waals surface area contributed by atoms with Crippen molar-refractivity contribution in [2.75, 3.05) is 39.3 Å². The van der Waals surface area contributed by atoms with Crippen LogP contribution in [-0.4, -0.2) is 55.0 Å². The Kier molecular flexibility index (Phi) is 8.33. The summed E-state index contributed by atoms with van der Waals surface area (Å²) >= 11 is 1.77. The van der Waals surface area contributed by atoms with Gasteiger partial charge in [-0.25, -0.2) is 4.99 Å². The van der Waals surface area contributed by atoms with E-state index >= 15 is 0 Å². The van der Waals surface area contributed by atoms with Crippen LogP contribution in [-0.2, 0) is 19.6 Å². The Hall–Kier alpha value is -1.89. The van der Waals surface area contributed by atoms with Gasteiger partial charge in [0.25, 0.3) is 0 Å². The van der Waals surface area contributed by atoms with E-state index in [4.69, 9.17) is 4.99 Å². The van der Waals surface area contributed by atoms with Gasteiger partial charge in [-0.2, -0.15) is 0 Å². The second-order valence-electron chi connectivity index (χ2n) is 7.11. The van der Waals surface area contributed by atoms with Crippen LogP contribution in [0.2, 0.25) is 0 Å². The Labute approximate surface area is 173 Å². The second-order valence-corrected chi connectivity index (χ2v) is 8.14. The molecule has 0 unspecified atom stereocenters. The molecule has 5 nitrogen and oxygen atoms in total. The van der Waals surface area contributed by atoms with E-state index in [-0.39, 0.29) is 0 Å². The lowest BCUT2D eigenvalue weighted by molar-refractivity contribution is 0.131. The van der Waals surface area contributed by atoms with E-state index in [1.807, 2.05) is 0 Å². The zero-order valence-electron chi connectivity index (χ0n) is 17.2. The maximum Gasteiger partial charge on any atom is 0.191 e. The van der Waals surface area contributed by atoms with Gasteiger partial charge >= 0.3 is 0 Å². The SMILES string of the molecule is CCNC(=NCc1ccccc1CN1CCN(CC)CC1)NCc1cccs1. The number of rotatable bonds is 8. The fourth-order valence-corrected chi connectivity index (χ4v) is 4.11. The summed E-state index contributed by atoms with van der Waals surface area (Å²) in [7, 11) is 0. The van der Waals surface area contributed by atoms with Gasteiger partial charge in [0.05, 0.1) is 13.1 Å². The van der Waals surface area contributed by atoms with E-state index in [1.54, 1.807) is 11.3 Å². The Bertz CT molecular complexity index is 720. The van der Waals surface area contributed by atoms with Crippen LogP contribution in [0, 0.1) is 0 Å². The summed E-state index contributed by atoms with van der Waals surface area (Å²) in [5.74, 6) is 0.877. The minimum Gasteiger partial charge on any atom is -0.357 e. The van der Waals surface area contributed by atoms with Crippen LogP contribution in [0.25, 0.3) is 0 Å². The molecule has 0 spiro atoms. The van der Waals surface area contributed by atoms with Gasteiger partial charge < -0.3 is 15.5 Å². The molecule has 0 saturated carbocycles. The normalized spacial score (nSPS) is 16.3. The molecule has 6 heteroatoms. The van der Waals surface area contributed by atoms with Crippen LogP contribution in [0.3, 0.4) is 0 Å². The van der Waals surface area contributed by atoms with Crippen LogP contribution in [0.5, 0.6) is 0 Å². The minimum atomic E-state index is 0.699. The molecule has 1 saturated heterocycles. The van der Waals surface area contributed by atoms with E-state index in [9.17, 15) is 0 Å². The first-order valence-electron chi connectivity index (χ1n) is 10.3. The van der Waals surface area contributed by atoms with Gasteiger partial charge in [0, 0.05) is 44.1 Å². The zero-order chi connectivity index (χ0) is 19.6. The second kappa shape index (κ2) is 11.2. The first-order chi connectivity index (χ1) is 13.8. The third kappa shape index (κ3) is 6.33. The molecule has 2 N–H and O–H groups in total. The standard InChI is InChI=1S/C22H33N5S/c1-3-23-22(25-17-21-10-7-15-28-21)24-16-19-8-5-6-9-20(19)18-27-13-11-26(4-2)12-14-27/h5-10,15H,3-4,11-14,16-18H2,1-2H3,(H2,23,24,25). The summed E-state index contributed by atoms with van der Waals surface area (Å²) in [4.78, 5) is 11.2. The summed E-state index contributed by atoms with van der Waals surface area (Å²) in [6.07, 6.45) is 0. The summed E-state index contributed by atoms with van der Waals surface area (Å²) < 4.78 is 0. The monoisotopic (exact) mass is 399 g/mol. The molecular weight excluding hydrogens is 366 g/mol. The van der Waals surface area contributed by atoms with E-state index in [0.29, 0.717) is 6.54 Å². The number of benzene rings is 1. The van der Waals surface area contributed by atoms with E-state index in [1.165, 1.54) is 29.1 Å². The van der Waals surface area contributed by atoms with E-state index in [2.05, 4.69) is 76.1 Å². The van der Waals surface area contributed by atoms with Crippen molar-refractivity contribution in [2.45, 2.75) is 33.5 Å². The fraction of sp³-hybridized carbons (Fsp3) is 0.500.